The number of hydrogen-bond acceptors (Lipinski definition) is 7. The largest absolute Gasteiger partial charge is 0.493 e. The fraction of sp³-hybridized carbons (Fsp3) is 0.667. The van der Waals surface area contributed by atoms with Crippen molar-refractivity contribution in [3.05, 3.63) is 35.4 Å². The third-order valence-electron chi connectivity index (χ3n) is 10.2. The Hall–Kier alpha value is -2.58. The van der Waals surface area contributed by atoms with Crippen LogP contribution in [0.2, 0.25) is 0 Å². The van der Waals surface area contributed by atoms with E-state index in [2.05, 4.69) is 35.5 Å². The summed E-state index contributed by atoms with van der Waals surface area (Å²) >= 11 is 0. The molecule has 4 aliphatic carbocycles. The Morgan fingerprint density at radius 1 is 1.24 bits per heavy atom. The predicted octanol–water partition coefficient (Wildman–Crippen LogP) is 3.01. The van der Waals surface area contributed by atoms with E-state index in [-0.39, 0.29) is 47.4 Å². The van der Waals surface area contributed by atoms with Crippen molar-refractivity contribution in [3.63, 3.8) is 0 Å². The first kappa shape index (κ1) is 25.7. The number of hydrogen-bond donors (Lipinski definition) is 1. The van der Waals surface area contributed by atoms with Gasteiger partial charge in [0.25, 0.3) is 0 Å². The Bertz CT molecular complexity index is 1200. The number of ether oxygens (including phenoxy) is 4. The average molecular weight is 525 g/mol. The number of methoxy groups -OCH3 is 2. The highest BCUT2D eigenvalue weighted by Crippen LogP contribution is 2.74. The van der Waals surface area contributed by atoms with Crippen LogP contribution in [0.3, 0.4) is 0 Å². The highest BCUT2D eigenvalue weighted by Gasteiger charge is 2.79. The first-order valence-corrected chi connectivity index (χ1v) is 14.0. The van der Waals surface area contributed by atoms with Crippen LogP contribution < -0.4 is 14.8 Å². The molecule has 8 nitrogen and oxygen atoms in total. The van der Waals surface area contributed by atoms with Crippen LogP contribution in [-0.2, 0) is 30.9 Å². The minimum atomic E-state index is -0.970. The number of amides is 1. The second kappa shape index (κ2) is 8.71. The normalized spacial score (nSPS) is 36.4. The van der Waals surface area contributed by atoms with E-state index in [0.29, 0.717) is 12.8 Å². The topological polar surface area (TPSA) is 86.3 Å². The molecule has 2 heterocycles. The van der Waals surface area contributed by atoms with E-state index in [9.17, 15) is 9.59 Å². The summed E-state index contributed by atoms with van der Waals surface area (Å²) in [5.41, 5.74) is 0.983. The van der Waals surface area contributed by atoms with Gasteiger partial charge in [-0.1, -0.05) is 32.1 Å². The van der Waals surface area contributed by atoms with E-state index < -0.39 is 17.6 Å². The Morgan fingerprint density at radius 3 is 2.71 bits per heavy atom. The van der Waals surface area contributed by atoms with Crippen LogP contribution in [0.5, 0.6) is 11.5 Å². The molecule has 1 aromatic carbocycles. The van der Waals surface area contributed by atoms with E-state index in [1.165, 1.54) is 11.1 Å². The number of esters is 1. The molecule has 1 saturated heterocycles. The standard InChI is InChI=1S/C30H40N2O6/c1-7-37-26(34)20(14-17(2)3)31-25(33)19-16-28-10-11-30(19,36-6)27-29(28)12-13-32(4)22(28)15-18-8-9-21(35-5)24(38-27)23(18)29/h8-11,17,19-20,22,27H,7,12-16H2,1-6H3,(H,31,33)/t19-,20-,22-,27-,28+,29-,30-/m0/s1. The van der Waals surface area contributed by atoms with Gasteiger partial charge in [0, 0.05) is 24.1 Å². The molecule has 2 fully saturated rings. The van der Waals surface area contributed by atoms with Gasteiger partial charge < -0.3 is 29.2 Å². The summed E-state index contributed by atoms with van der Waals surface area (Å²) in [4.78, 5) is 29.4. The van der Waals surface area contributed by atoms with Crippen LogP contribution in [0.1, 0.15) is 51.2 Å². The molecular weight excluding hydrogens is 484 g/mol. The van der Waals surface area contributed by atoms with Gasteiger partial charge in [-0.25, -0.2) is 4.79 Å². The fourth-order valence-corrected chi connectivity index (χ4v) is 8.70. The number of likely N-dealkylation sites (tertiary alicyclic amines) is 1. The van der Waals surface area contributed by atoms with Gasteiger partial charge in [-0.05, 0) is 63.7 Å². The third-order valence-corrected chi connectivity index (χ3v) is 10.2. The second-order valence-electron chi connectivity index (χ2n) is 12.2. The van der Waals surface area contributed by atoms with Crippen LogP contribution in [0.15, 0.2) is 24.3 Å². The second-order valence-corrected chi connectivity index (χ2v) is 12.2. The molecule has 0 radical (unpaired) electrons. The molecule has 7 rings (SSSR count). The predicted molar refractivity (Wildman–Crippen MR) is 141 cm³/mol. The minimum absolute atomic E-state index is 0.179. The number of piperidine rings is 1. The quantitative estimate of drug-likeness (QED) is 0.413. The van der Waals surface area contributed by atoms with Gasteiger partial charge in [0.05, 0.1) is 25.0 Å². The number of benzene rings is 1. The summed E-state index contributed by atoms with van der Waals surface area (Å²) in [6.07, 6.45) is 7.02. The molecule has 1 aromatic rings. The van der Waals surface area contributed by atoms with Crippen molar-refractivity contribution in [1.29, 1.82) is 0 Å². The minimum Gasteiger partial charge on any atom is -0.493 e. The Kier molecular flexibility index (Phi) is 5.89. The van der Waals surface area contributed by atoms with Gasteiger partial charge in [0.2, 0.25) is 5.91 Å². The van der Waals surface area contributed by atoms with Gasteiger partial charge in [0.1, 0.15) is 17.7 Å². The lowest BCUT2D eigenvalue weighted by Crippen LogP contribution is -2.80. The number of nitrogens with zero attached hydrogens (tertiary/aromatic N) is 1. The lowest BCUT2D eigenvalue weighted by molar-refractivity contribution is -0.214. The first-order chi connectivity index (χ1) is 18.2. The van der Waals surface area contributed by atoms with Crippen LogP contribution in [0.4, 0.5) is 0 Å². The SMILES string of the molecule is CCOC(=O)[C@H](CC(C)C)NC(=O)[C@@H]1C[C@@]23C=C[C@@]1(OC)[C@H]1Oc4c(OC)ccc5c4[C@@]12CCN(C)[C@H]3C5. The molecule has 6 aliphatic rings. The summed E-state index contributed by atoms with van der Waals surface area (Å²) in [6, 6.07) is 3.72. The first-order valence-electron chi connectivity index (χ1n) is 14.0. The van der Waals surface area contributed by atoms with Gasteiger partial charge >= 0.3 is 5.97 Å². The van der Waals surface area contributed by atoms with Crippen molar-refractivity contribution in [2.75, 3.05) is 34.4 Å². The van der Waals surface area contributed by atoms with Crippen molar-refractivity contribution in [3.8, 4) is 11.5 Å². The Balaban J connectivity index is 1.46. The smallest absolute Gasteiger partial charge is 0.328 e. The molecule has 8 heteroatoms. The molecule has 206 valence electrons. The summed E-state index contributed by atoms with van der Waals surface area (Å²) in [5.74, 6) is 0.664. The number of likely N-dealkylation sites (N-methyl/N-ethyl adjacent to an activating group) is 1. The van der Waals surface area contributed by atoms with Crippen molar-refractivity contribution in [1.82, 2.24) is 10.2 Å². The molecule has 4 bridgehead atoms. The van der Waals surface area contributed by atoms with Crippen molar-refractivity contribution in [2.45, 2.75) is 75.7 Å². The summed E-state index contributed by atoms with van der Waals surface area (Å²) < 4.78 is 24.4. The summed E-state index contributed by atoms with van der Waals surface area (Å²) in [5, 5.41) is 3.08. The maximum atomic E-state index is 14.2. The van der Waals surface area contributed by atoms with Crippen LogP contribution in [0, 0.1) is 17.3 Å². The van der Waals surface area contributed by atoms with Crippen LogP contribution in [0.25, 0.3) is 0 Å². The van der Waals surface area contributed by atoms with Gasteiger partial charge in [-0.3, -0.25) is 4.79 Å². The number of fused-ring (bicyclic) bond motifs is 1. The molecule has 1 amide bonds. The highest BCUT2D eigenvalue weighted by molar-refractivity contribution is 5.88. The fourth-order valence-electron chi connectivity index (χ4n) is 8.70. The van der Waals surface area contributed by atoms with Crippen molar-refractivity contribution < 1.29 is 28.5 Å². The molecule has 0 unspecified atom stereocenters. The molecule has 38 heavy (non-hydrogen) atoms. The molecule has 0 aromatic heterocycles. The monoisotopic (exact) mass is 524 g/mol. The number of carbonyl (C=O) groups is 2. The van der Waals surface area contributed by atoms with Crippen LogP contribution in [-0.4, -0.2) is 75.0 Å². The third kappa shape index (κ3) is 3.04. The van der Waals surface area contributed by atoms with E-state index >= 15 is 0 Å². The van der Waals surface area contributed by atoms with Gasteiger partial charge in [-0.15, -0.1) is 0 Å². The van der Waals surface area contributed by atoms with Crippen LogP contribution >= 0.6 is 0 Å². The molecule has 2 aliphatic heterocycles. The zero-order chi connectivity index (χ0) is 27.0. The lowest BCUT2D eigenvalue weighted by atomic mass is 9.37. The lowest BCUT2D eigenvalue weighted by Gasteiger charge is -2.70. The Labute approximate surface area is 225 Å². The van der Waals surface area contributed by atoms with Crippen molar-refractivity contribution >= 4 is 11.9 Å². The molecule has 7 atom stereocenters. The van der Waals surface area contributed by atoms with Crippen molar-refractivity contribution in [2.24, 2.45) is 17.3 Å². The zero-order valence-electron chi connectivity index (χ0n) is 23.3. The highest BCUT2D eigenvalue weighted by atomic mass is 16.6. The number of nitrogens with one attached hydrogen (secondary N) is 1. The number of rotatable bonds is 8. The molecule has 2 spiro atoms. The maximum Gasteiger partial charge on any atom is 0.328 e. The summed E-state index contributed by atoms with van der Waals surface area (Å²) in [7, 11) is 5.55. The van der Waals surface area contributed by atoms with E-state index in [1.807, 2.05) is 19.9 Å². The number of carbonyl (C=O) groups excluding carboxylic acids is 2. The van der Waals surface area contributed by atoms with E-state index in [1.54, 1.807) is 21.1 Å². The Morgan fingerprint density at radius 2 is 2.03 bits per heavy atom. The summed E-state index contributed by atoms with van der Waals surface area (Å²) in [6.45, 7) is 7.08. The average Bonchev–Trinajstić information content (AvgIpc) is 3.27. The zero-order valence-corrected chi connectivity index (χ0v) is 23.3. The van der Waals surface area contributed by atoms with Gasteiger partial charge in [-0.2, -0.15) is 0 Å². The molecule has 1 N–H and O–H groups in total. The maximum absolute atomic E-state index is 14.2. The van der Waals surface area contributed by atoms with Gasteiger partial charge in [0.15, 0.2) is 11.5 Å². The molecular formula is C30H40N2O6. The van der Waals surface area contributed by atoms with E-state index in [4.69, 9.17) is 18.9 Å². The van der Waals surface area contributed by atoms with E-state index in [0.717, 1.165) is 30.9 Å². The molecule has 1 saturated carbocycles.